The predicted molar refractivity (Wildman–Crippen MR) is 62.4 cm³/mol. The first kappa shape index (κ1) is 11.1. The van der Waals surface area contributed by atoms with Gasteiger partial charge in [0.15, 0.2) is 0 Å². The lowest BCUT2D eigenvalue weighted by atomic mass is 10.1. The normalized spacial score (nSPS) is 28.5. The predicted octanol–water partition coefficient (Wildman–Crippen LogP) is 2.83. The van der Waals surface area contributed by atoms with Crippen LogP contribution < -0.4 is 5.32 Å². The van der Waals surface area contributed by atoms with Gasteiger partial charge in [0.25, 0.3) is 0 Å². The molecule has 13 heavy (non-hydrogen) atoms. The van der Waals surface area contributed by atoms with Gasteiger partial charge < -0.3 is 5.32 Å². The number of hydrogen-bond acceptors (Lipinski definition) is 2. The van der Waals surface area contributed by atoms with Gasteiger partial charge in [-0.05, 0) is 32.4 Å². The maximum atomic E-state index is 3.61. The van der Waals surface area contributed by atoms with Crippen LogP contribution in [0.2, 0.25) is 0 Å². The van der Waals surface area contributed by atoms with E-state index in [1.165, 1.54) is 24.2 Å². The Kier molecular flexibility index (Phi) is 4.89. The molecule has 0 aliphatic carbocycles. The van der Waals surface area contributed by atoms with Crippen LogP contribution in [0.4, 0.5) is 0 Å². The van der Waals surface area contributed by atoms with Gasteiger partial charge in [-0.3, -0.25) is 0 Å². The standard InChI is InChI=1S/C11H21NS/c1-9(2)6-7-12-11-5-4-8-13-10(11)3/h6,10-12H,4-5,7-8H2,1-3H3. The van der Waals surface area contributed by atoms with Crippen LogP contribution in [0.25, 0.3) is 0 Å². The van der Waals surface area contributed by atoms with Crippen molar-refractivity contribution in [1.82, 2.24) is 5.32 Å². The van der Waals surface area contributed by atoms with Gasteiger partial charge in [-0.15, -0.1) is 0 Å². The fourth-order valence-electron chi connectivity index (χ4n) is 1.61. The third kappa shape index (κ3) is 4.19. The summed E-state index contributed by atoms with van der Waals surface area (Å²) >= 11 is 2.10. The number of allylic oxidation sites excluding steroid dienone is 1. The van der Waals surface area contributed by atoms with Crippen LogP contribution in [-0.4, -0.2) is 23.6 Å². The topological polar surface area (TPSA) is 12.0 Å². The van der Waals surface area contributed by atoms with Crippen molar-refractivity contribution in [3.8, 4) is 0 Å². The summed E-state index contributed by atoms with van der Waals surface area (Å²) < 4.78 is 0. The molecule has 0 spiro atoms. The highest BCUT2D eigenvalue weighted by atomic mass is 32.2. The molecule has 1 aliphatic rings. The lowest BCUT2D eigenvalue weighted by Crippen LogP contribution is -2.39. The average Bonchev–Trinajstić information content (AvgIpc) is 2.08. The molecule has 0 radical (unpaired) electrons. The summed E-state index contributed by atoms with van der Waals surface area (Å²) in [5.74, 6) is 1.35. The van der Waals surface area contributed by atoms with Crippen molar-refractivity contribution in [3.63, 3.8) is 0 Å². The highest BCUT2D eigenvalue weighted by Crippen LogP contribution is 2.24. The van der Waals surface area contributed by atoms with Crippen LogP contribution in [0.5, 0.6) is 0 Å². The van der Waals surface area contributed by atoms with Gasteiger partial charge in [0.2, 0.25) is 0 Å². The Morgan fingerprint density at radius 2 is 2.31 bits per heavy atom. The molecule has 1 N–H and O–H groups in total. The van der Waals surface area contributed by atoms with E-state index in [-0.39, 0.29) is 0 Å². The van der Waals surface area contributed by atoms with Crippen molar-refractivity contribution < 1.29 is 0 Å². The molecule has 1 aliphatic heterocycles. The van der Waals surface area contributed by atoms with E-state index in [0.29, 0.717) is 0 Å². The zero-order valence-electron chi connectivity index (χ0n) is 8.97. The molecule has 0 aromatic carbocycles. The second-order valence-corrected chi connectivity index (χ2v) is 5.50. The van der Waals surface area contributed by atoms with Crippen molar-refractivity contribution in [3.05, 3.63) is 11.6 Å². The summed E-state index contributed by atoms with van der Waals surface area (Å²) in [7, 11) is 0. The molecule has 2 atom stereocenters. The SMILES string of the molecule is CC(C)=CCNC1CCCSC1C. The Balaban J connectivity index is 2.23. The Hall–Kier alpha value is 0.0500. The summed E-state index contributed by atoms with van der Waals surface area (Å²) in [6.07, 6.45) is 5.00. The maximum Gasteiger partial charge on any atom is 0.0187 e. The zero-order chi connectivity index (χ0) is 9.68. The molecule has 1 fully saturated rings. The van der Waals surface area contributed by atoms with Gasteiger partial charge in [0.05, 0.1) is 0 Å². The minimum atomic E-state index is 0.731. The van der Waals surface area contributed by atoms with Gasteiger partial charge in [-0.2, -0.15) is 11.8 Å². The van der Waals surface area contributed by atoms with E-state index in [9.17, 15) is 0 Å². The highest BCUT2D eigenvalue weighted by molar-refractivity contribution is 7.99. The smallest absolute Gasteiger partial charge is 0.0187 e. The molecule has 0 amide bonds. The van der Waals surface area contributed by atoms with Crippen LogP contribution in [0.3, 0.4) is 0 Å². The first-order chi connectivity index (χ1) is 6.20. The van der Waals surface area contributed by atoms with E-state index < -0.39 is 0 Å². The Morgan fingerprint density at radius 1 is 1.54 bits per heavy atom. The number of hydrogen-bond donors (Lipinski definition) is 1. The van der Waals surface area contributed by atoms with E-state index in [4.69, 9.17) is 0 Å². The second-order valence-electron chi connectivity index (χ2n) is 4.01. The fraction of sp³-hybridized carbons (Fsp3) is 0.818. The minimum absolute atomic E-state index is 0.731. The Morgan fingerprint density at radius 3 is 2.92 bits per heavy atom. The van der Waals surface area contributed by atoms with Crippen molar-refractivity contribution >= 4 is 11.8 Å². The lowest BCUT2D eigenvalue weighted by Gasteiger charge is -2.28. The third-order valence-electron chi connectivity index (χ3n) is 2.50. The van der Waals surface area contributed by atoms with Crippen LogP contribution in [0.1, 0.15) is 33.6 Å². The molecular formula is C11H21NS. The van der Waals surface area contributed by atoms with Gasteiger partial charge in [0, 0.05) is 17.8 Å². The van der Waals surface area contributed by atoms with Crippen LogP contribution in [-0.2, 0) is 0 Å². The molecule has 0 aromatic rings. The minimum Gasteiger partial charge on any atom is -0.309 e. The van der Waals surface area contributed by atoms with Gasteiger partial charge in [-0.1, -0.05) is 18.6 Å². The highest BCUT2D eigenvalue weighted by Gasteiger charge is 2.20. The maximum absolute atomic E-state index is 3.61. The van der Waals surface area contributed by atoms with Crippen molar-refractivity contribution in [2.45, 2.75) is 44.9 Å². The van der Waals surface area contributed by atoms with Crippen LogP contribution in [0.15, 0.2) is 11.6 Å². The van der Waals surface area contributed by atoms with Crippen LogP contribution in [0, 0.1) is 0 Å². The first-order valence-corrected chi connectivity index (χ1v) is 6.23. The summed E-state index contributed by atoms with van der Waals surface area (Å²) in [6.45, 7) is 7.68. The van der Waals surface area contributed by atoms with E-state index >= 15 is 0 Å². The van der Waals surface area contributed by atoms with E-state index in [1.807, 2.05) is 0 Å². The zero-order valence-corrected chi connectivity index (χ0v) is 9.79. The van der Waals surface area contributed by atoms with Gasteiger partial charge >= 0.3 is 0 Å². The fourth-order valence-corrected chi connectivity index (χ4v) is 2.78. The lowest BCUT2D eigenvalue weighted by molar-refractivity contribution is 0.484. The molecule has 76 valence electrons. The Labute approximate surface area is 86.4 Å². The summed E-state index contributed by atoms with van der Waals surface area (Å²) in [4.78, 5) is 0. The van der Waals surface area contributed by atoms with E-state index in [2.05, 4.69) is 43.9 Å². The van der Waals surface area contributed by atoms with Crippen LogP contribution >= 0.6 is 11.8 Å². The molecule has 1 rings (SSSR count). The summed E-state index contributed by atoms with van der Waals surface area (Å²) in [5.41, 5.74) is 1.41. The number of rotatable bonds is 3. The van der Waals surface area contributed by atoms with Gasteiger partial charge in [0.1, 0.15) is 0 Å². The molecule has 2 heteroatoms. The van der Waals surface area contributed by atoms with Crippen molar-refractivity contribution in [2.75, 3.05) is 12.3 Å². The van der Waals surface area contributed by atoms with Gasteiger partial charge in [-0.25, -0.2) is 0 Å². The largest absolute Gasteiger partial charge is 0.309 e. The summed E-state index contributed by atoms with van der Waals surface area (Å²) in [5, 5.41) is 4.40. The second kappa shape index (κ2) is 5.71. The van der Waals surface area contributed by atoms with E-state index in [1.54, 1.807) is 0 Å². The molecule has 2 unspecified atom stereocenters. The van der Waals surface area contributed by atoms with Crippen molar-refractivity contribution in [2.24, 2.45) is 0 Å². The average molecular weight is 199 g/mol. The molecule has 0 bridgehead atoms. The monoisotopic (exact) mass is 199 g/mol. The molecule has 1 saturated heterocycles. The van der Waals surface area contributed by atoms with E-state index in [0.717, 1.165) is 17.8 Å². The number of thioether (sulfide) groups is 1. The molecule has 0 aromatic heterocycles. The summed E-state index contributed by atoms with van der Waals surface area (Å²) in [6, 6.07) is 0.731. The third-order valence-corrected chi connectivity index (χ3v) is 3.88. The molecule has 0 saturated carbocycles. The molecular weight excluding hydrogens is 178 g/mol. The molecule has 1 nitrogen and oxygen atoms in total. The van der Waals surface area contributed by atoms with Crippen molar-refractivity contribution in [1.29, 1.82) is 0 Å². The molecule has 1 heterocycles. The quantitative estimate of drug-likeness (QED) is 0.702. The number of nitrogens with one attached hydrogen (secondary N) is 1. The Bertz CT molecular complexity index is 173. The first-order valence-electron chi connectivity index (χ1n) is 5.18.